The summed E-state index contributed by atoms with van der Waals surface area (Å²) in [5.74, 6) is 0.137. The van der Waals surface area contributed by atoms with Crippen LogP contribution < -0.4 is 11.1 Å². The number of fused-ring (bicyclic) bond motifs is 2. The average Bonchev–Trinajstić information content (AvgIpc) is 3.67. The van der Waals surface area contributed by atoms with Crippen molar-refractivity contribution in [2.75, 3.05) is 11.1 Å². The number of nitrogens with two attached hydrogens (primary N) is 1. The third-order valence-corrected chi connectivity index (χ3v) is 9.48. The number of nitrogens with zero attached hydrogens (tertiary/aromatic N) is 5. The number of carboxylic acid groups (broad SMARTS) is 1. The molecule has 1 aliphatic heterocycles. The van der Waals surface area contributed by atoms with E-state index in [1.165, 1.54) is 37.0 Å². The average molecular weight is 580 g/mol. The zero-order valence-electron chi connectivity index (χ0n) is 22.5. The maximum absolute atomic E-state index is 13.4. The summed E-state index contributed by atoms with van der Waals surface area (Å²) in [5.41, 5.74) is 6.87. The van der Waals surface area contributed by atoms with Crippen molar-refractivity contribution in [3.05, 3.63) is 44.9 Å². The number of amides is 1. The van der Waals surface area contributed by atoms with Gasteiger partial charge in [-0.1, -0.05) is 24.4 Å². The van der Waals surface area contributed by atoms with Gasteiger partial charge in [-0.05, 0) is 57.7 Å². The van der Waals surface area contributed by atoms with Crippen LogP contribution >= 0.6 is 22.9 Å². The molecule has 1 aromatic carbocycles. The summed E-state index contributed by atoms with van der Waals surface area (Å²) in [6, 6.07) is 5.64. The first kappa shape index (κ1) is 26.6. The number of nitrogen functional groups attached to an aromatic ring is 1. The van der Waals surface area contributed by atoms with Crippen LogP contribution in [0.5, 0.6) is 0 Å². The first-order valence-corrected chi connectivity index (χ1v) is 14.6. The van der Waals surface area contributed by atoms with Gasteiger partial charge in [-0.2, -0.15) is 5.10 Å². The lowest BCUT2D eigenvalue weighted by molar-refractivity contribution is -0.146. The van der Waals surface area contributed by atoms with Crippen LogP contribution in [0, 0.1) is 11.3 Å². The molecule has 0 radical (unpaired) electrons. The van der Waals surface area contributed by atoms with Crippen molar-refractivity contribution in [2.24, 2.45) is 11.3 Å². The molecule has 1 fully saturated rings. The third-order valence-electron chi connectivity index (χ3n) is 8.14. The van der Waals surface area contributed by atoms with E-state index in [-0.39, 0.29) is 18.1 Å². The number of rotatable bonds is 7. The highest BCUT2D eigenvalue weighted by Crippen LogP contribution is 2.46. The number of thiazole rings is 1. The zero-order valence-corrected chi connectivity index (χ0v) is 24.1. The molecule has 208 valence electrons. The van der Waals surface area contributed by atoms with Crippen molar-refractivity contribution in [3.63, 3.8) is 0 Å². The molecule has 0 saturated heterocycles. The van der Waals surface area contributed by atoms with Crippen molar-refractivity contribution in [3.8, 4) is 11.5 Å². The number of hydrogen-bond donors (Lipinski definition) is 3. The molecule has 10 nitrogen and oxygen atoms in total. The van der Waals surface area contributed by atoms with Crippen molar-refractivity contribution < 1.29 is 14.7 Å². The van der Waals surface area contributed by atoms with Crippen LogP contribution in [0.1, 0.15) is 62.7 Å². The lowest BCUT2D eigenvalue weighted by atomic mass is 9.85. The predicted octanol–water partition coefficient (Wildman–Crippen LogP) is 5.29. The van der Waals surface area contributed by atoms with Crippen LogP contribution in [0.15, 0.2) is 23.6 Å². The van der Waals surface area contributed by atoms with Gasteiger partial charge in [-0.3, -0.25) is 14.3 Å². The van der Waals surface area contributed by atoms with E-state index in [0.717, 1.165) is 17.4 Å². The minimum atomic E-state index is -1.22. The van der Waals surface area contributed by atoms with E-state index in [9.17, 15) is 14.7 Å². The largest absolute Gasteiger partial charge is 0.481 e. The van der Waals surface area contributed by atoms with E-state index in [2.05, 4.69) is 15.3 Å². The smallest absolute Gasteiger partial charge is 0.309 e. The minimum Gasteiger partial charge on any atom is -0.481 e. The van der Waals surface area contributed by atoms with Gasteiger partial charge in [-0.25, -0.2) is 15.0 Å². The van der Waals surface area contributed by atoms with Crippen LogP contribution in [-0.4, -0.2) is 41.7 Å². The molecule has 40 heavy (non-hydrogen) atoms. The lowest BCUT2D eigenvalue weighted by Gasteiger charge is -2.20. The van der Waals surface area contributed by atoms with Crippen LogP contribution in [0.2, 0.25) is 5.02 Å². The van der Waals surface area contributed by atoms with Gasteiger partial charge in [0.05, 0.1) is 22.2 Å². The Morgan fingerprint density at radius 2 is 2.02 bits per heavy atom. The SMILES string of the molecule is CC(C)(Cc1csc(C2(C)C(=O)Nc3nc(-c4nn(CC5CCCC5)c5cc(Cl)ccc45)nc(N)c32)n1)C(=O)O. The third kappa shape index (κ3) is 4.32. The molecule has 1 atom stereocenters. The number of halogens is 1. The van der Waals surface area contributed by atoms with Gasteiger partial charge < -0.3 is 16.2 Å². The van der Waals surface area contributed by atoms with Crippen LogP contribution in [-0.2, 0) is 28.0 Å². The fourth-order valence-corrected chi connectivity index (χ4v) is 6.90. The molecule has 12 heteroatoms. The molecule has 4 N–H and O–H groups in total. The summed E-state index contributed by atoms with van der Waals surface area (Å²) in [6.45, 7) is 5.82. The lowest BCUT2D eigenvalue weighted by Crippen LogP contribution is -2.33. The fourth-order valence-electron chi connectivity index (χ4n) is 5.75. The van der Waals surface area contributed by atoms with E-state index in [1.54, 1.807) is 26.2 Å². The Balaban J connectivity index is 1.40. The van der Waals surface area contributed by atoms with Crippen LogP contribution in [0.25, 0.3) is 22.4 Å². The Kier molecular flexibility index (Phi) is 6.34. The fraction of sp³-hybridized carbons (Fsp3) is 0.429. The number of carbonyl (C=O) groups is 2. The molecule has 0 spiro atoms. The van der Waals surface area contributed by atoms with Gasteiger partial charge in [0.25, 0.3) is 0 Å². The van der Waals surface area contributed by atoms with Crippen LogP contribution in [0.3, 0.4) is 0 Å². The molecule has 4 heterocycles. The normalized spacial score (nSPS) is 19.4. The van der Waals surface area contributed by atoms with Gasteiger partial charge in [0.1, 0.15) is 27.8 Å². The van der Waals surface area contributed by atoms with Crippen molar-refractivity contribution >= 4 is 57.4 Å². The molecule has 2 aliphatic rings. The van der Waals surface area contributed by atoms with E-state index < -0.39 is 16.8 Å². The van der Waals surface area contributed by atoms with Crippen molar-refractivity contribution in [1.82, 2.24) is 24.7 Å². The second-order valence-electron chi connectivity index (χ2n) is 11.6. The van der Waals surface area contributed by atoms with E-state index in [1.807, 2.05) is 22.9 Å². The second kappa shape index (κ2) is 9.52. The summed E-state index contributed by atoms with van der Waals surface area (Å²) in [5, 5.41) is 21.1. The number of benzene rings is 1. The van der Waals surface area contributed by atoms with Crippen LogP contribution in [0.4, 0.5) is 11.6 Å². The first-order chi connectivity index (χ1) is 19.0. The first-order valence-electron chi connectivity index (χ1n) is 13.3. The number of carbonyl (C=O) groups excluding carboxylic acids is 1. The molecule has 4 aromatic rings. The monoisotopic (exact) mass is 579 g/mol. The summed E-state index contributed by atoms with van der Waals surface area (Å²) >= 11 is 7.64. The van der Waals surface area contributed by atoms with Gasteiger partial charge in [0, 0.05) is 28.8 Å². The van der Waals surface area contributed by atoms with E-state index in [4.69, 9.17) is 27.4 Å². The number of aromatic nitrogens is 5. The summed E-state index contributed by atoms with van der Waals surface area (Å²) < 4.78 is 1.98. The molecule has 1 aliphatic carbocycles. The molecule has 1 amide bonds. The second-order valence-corrected chi connectivity index (χ2v) is 12.9. The number of anilines is 2. The summed E-state index contributed by atoms with van der Waals surface area (Å²) in [7, 11) is 0. The highest BCUT2D eigenvalue weighted by Gasteiger charge is 2.50. The Hall–Kier alpha value is -3.57. The Morgan fingerprint density at radius 3 is 2.75 bits per heavy atom. The highest BCUT2D eigenvalue weighted by molar-refractivity contribution is 7.10. The maximum Gasteiger partial charge on any atom is 0.309 e. The van der Waals surface area contributed by atoms with Crippen molar-refractivity contribution in [2.45, 2.75) is 64.8 Å². The molecular formula is C28H30ClN7O3S. The summed E-state index contributed by atoms with van der Waals surface area (Å²) in [4.78, 5) is 39.1. The topological polar surface area (TPSA) is 149 Å². The Bertz CT molecular complexity index is 1670. The van der Waals surface area contributed by atoms with Gasteiger partial charge in [0.15, 0.2) is 5.82 Å². The molecular weight excluding hydrogens is 550 g/mol. The molecule has 6 rings (SSSR count). The highest BCUT2D eigenvalue weighted by atomic mass is 35.5. The molecule has 1 unspecified atom stereocenters. The minimum absolute atomic E-state index is 0.163. The quantitative estimate of drug-likeness (QED) is 0.267. The number of hydrogen-bond acceptors (Lipinski definition) is 8. The summed E-state index contributed by atoms with van der Waals surface area (Å²) in [6.07, 6.45) is 5.05. The van der Waals surface area contributed by atoms with Gasteiger partial charge in [-0.15, -0.1) is 11.3 Å². The number of carboxylic acids is 1. The molecule has 3 aromatic heterocycles. The predicted molar refractivity (Wildman–Crippen MR) is 154 cm³/mol. The van der Waals surface area contributed by atoms with Gasteiger partial charge in [0.2, 0.25) is 5.91 Å². The number of aliphatic carboxylic acids is 1. The van der Waals surface area contributed by atoms with Gasteiger partial charge >= 0.3 is 5.97 Å². The molecule has 0 bridgehead atoms. The Labute approximate surface area is 240 Å². The molecule has 1 saturated carbocycles. The maximum atomic E-state index is 13.4. The Morgan fingerprint density at radius 1 is 1.27 bits per heavy atom. The van der Waals surface area contributed by atoms with E-state index in [0.29, 0.717) is 44.5 Å². The number of nitrogens with one attached hydrogen (secondary N) is 1. The zero-order chi connectivity index (χ0) is 28.4. The van der Waals surface area contributed by atoms with E-state index >= 15 is 0 Å². The standard InChI is InChI=1S/C28H30ClN7O3S/c1-27(2,26(38)39)11-16-13-40-25(31-16)28(3)19-21(30)32-23(33-22(19)34-24(28)37)20-17-9-8-15(29)10-18(17)36(35-20)12-14-6-4-5-7-14/h8-10,13-14H,4-7,11-12H2,1-3H3,(H,38,39)(H3,30,32,33,34,37). The van der Waals surface area contributed by atoms with Crippen molar-refractivity contribution in [1.29, 1.82) is 0 Å².